The number of hydrogen-bond acceptors (Lipinski definition) is 3. The summed E-state index contributed by atoms with van der Waals surface area (Å²) in [7, 11) is 0. The topological polar surface area (TPSA) is 60.9 Å². The first-order valence-corrected chi connectivity index (χ1v) is 7.68. The third kappa shape index (κ3) is 3.05. The molecule has 21 heavy (non-hydrogen) atoms. The predicted molar refractivity (Wildman–Crippen MR) is 84.2 cm³/mol. The molecular formula is C17H21N3O. The van der Waals surface area contributed by atoms with Crippen LogP contribution in [0.1, 0.15) is 30.4 Å². The van der Waals surface area contributed by atoms with E-state index in [1.54, 1.807) is 6.07 Å². The fraction of sp³-hybridized carbons (Fsp3) is 0.412. The standard InChI is InChI=1S/C17H21N3O/c18-10-3-11-20-17(21)9-8-16(19-20)15-7-6-13-4-1-2-5-14(13)12-15/h6-9,12H,1-5,10-11,18H2. The molecule has 4 heteroatoms. The van der Waals surface area contributed by atoms with Crippen molar-refractivity contribution in [2.45, 2.75) is 38.6 Å². The highest BCUT2D eigenvalue weighted by Crippen LogP contribution is 2.26. The SMILES string of the molecule is NCCCn1nc(-c2ccc3c(c2)CCCC3)ccc1=O. The molecule has 0 fully saturated rings. The zero-order valence-electron chi connectivity index (χ0n) is 12.2. The molecule has 1 heterocycles. The molecule has 0 saturated carbocycles. The molecule has 0 unspecified atom stereocenters. The summed E-state index contributed by atoms with van der Waals surface area (Å²) in [5, 5.41) is 4.48. The van der Waals surface area contributed by atoms with Crippen molar-refractivity contribution in [3.63, 3.8) is 0 Å². The third-order valence-corrected chi connectivity index (χ3v) is 4.08. The van der Waals surface area contributed by atoms with Gasteiger partial charge in [0, 0.05) is 18.2 Å². The minimum atomic E-state index is -0.0647. The summed E-state index contributed by atoms with van der Waals surface area (Å²) in [6.07, 6.45) is 5.64. The largest absolute Gasteiger partial charge is 0.330 e. The Morgan fingerprint density at radius 1 is 1.10 bits per heavy atom. The van der Waals surface area contributed by atoms with Crippen molar-refractivity contribution in [3.05, 3.63) is 51.8 Å². The molecule has 1 aromatic heterocycles. The molecule has 4 nitrogen and oxygen atoms in total. The summed E-state index contributed by atoms with van der Waals surface area (Å²) in [6, 6.07) is 9.96. The molecule has 0 saturated heterocycles. The van der Waals surface area contributed by atoms with Gasteiger partial charge in [-0.1, -0.05) is 12.1 Å². The number of nitrogens with zero attached hydrogens (tertiary/aromatic N) is 2. The van der Waals surface area contributed by atoms with Crippen LogP contribution in [0.2, 0.25) is 0 Å². The van der Waals surface area contributed by atoms with Gasteiger partial charge < -0.3 is 5.73 Å². The van der Waals surface area contributed by atoms with Crippen LogP contribution in [0.5, 0.6) is 0 Å². The Kier molecular flexibility index (Phi) is 4.15. The first-order chi connectivity index (χ1) is 10.3. The van der Waals surface area contributed by atoms with Gasteiger partial charge in [0.2, 0.25) is 0 Å². The Labute approximate surface area is 124 Å². The van der Waals surface area contributed by atoms with Crippen molar-refractivity contribution >= 4 is 0 Å². The maximum absolute atomic E-state index is 11.8. The van der Waals surface area contributed by atoms with Crippen molar-refractivity contribution in [1.29, 1.82) is 0 Å². The van der Waals surface area contributed by atoms with Gasteiger partial charge in [-0.2, -0.15) is 5.10 Å². The number of fused-ring (bicyclic) bond motifs is 1. The fourth-order valence-electron chi connectivity index (χ4n) is 2.90. The second-order valence-corrected chi connectivity index (χ2v) is 5.61. The van der Waals surface area contributed by atoms with E-state index in [4.69, 9.17) is 5.73 Å². The molecule has 0 amide bonds. The highest BCUT2D eigenvalue weighted by molar-refractivity contribution is 5.60. The van der Waals surface area contributed by atoms with E-state index in [0.717, 1.165) is 24.1 Å². The summed E-state index contributed by atoms with van der Waals surface area (Å²) in [5.74, 6) is 0. The fourth-order valence-corrected chi connectivity index (χ4v) is 2.90. The molecule has 1 aliphatic carbocycles. The van der Waals surface area contributed by atoms with Gasteiger partial charge in [-0.3, -0.25) is 4.79 Å². The first-order valence-electron chi connectivity index (χ1n) is 7.68. The van der Waals surface area contributed by atoms with Crippen LogP contribution in [0.4, 0.5) is 0 Å². The summed E-state index contributed by atoms with van der Waals surface area (Å²) in [5.41, 5.74) is 10.3. The minimum absolute atomic E-state index is 0.0647. The molecule has 0 aliphatic heterocycles. The van der Waals surface area contributed by atoms with Gasteiger partial charge in [-0.15, -0.1) is 0 Å². The maximum Gasteiger partial charge on any atom is 0.266 e. The van der Waals surface area contributed by atoms with Gasteiger partial charge in [0.15, 0.2) is 0 Å². The Morgan fingerprint density at radius 2 is 1.90 bits per heavy atom. The molecule has 0 radical (unpaired) electrons. The summed E-state index contributed by atoms with van der Waals surface area (Å²) >= 11 is 0. The van der Waals surface area contributed by atoms with Gasteiger partial charge in [0.25, 0.3) is 5.56 Å². The lowest BCUT2D eigenvalue weighted by molar-refractivity contribution is 0.556. The van der Waals surface area contributed by atoms with Crippen LogP contribution in [-0.4, -0.2) is 16.3 Å². The lowest BCUT2D eigenvalue weighted by Crippen LogP contribution is -2.23. The van der Waals surface area contributed by atoms with E-state index in [1.807, 2.05) is 6.07 Å². The number of aromatic nitrogens is 2. The van der Waals surface area contributed by atoms with Crippen LogP contribution in [0.25, 0.3) is 11.3 Å². The van der Waals surface area contributed by atoms with Gasteiger partial charge in [-0.25, -0.2) is 4.68 Å². The smallest absolute Gasteiger partial charge is 0.266 e. The normalized spacial score (nSPS) is 14.0. The van der Waals surface area contributed by atoms with Crippen molar-refractivity contribution in [2.75, 3.05) is 6.54 Å². The van der Waals surface area contributed by atoms with E-state index in [-0.39, 0.29) is 5.56 Å². The molecule has 110 valence electrons. The van der Waals surface area contributed by atoms with E-state index in [2.05, 4.69) is 23.3 Å². The van der Waals surface area contributed by atoms with Crippen molar-refractivity contribution < 1.29 is 0 Å². The molecule has 1 aromatic carbocycles. The molecular weight excluding hydrogens is 262 g/mol. The maximum atomic E-state index is 11.8. The lowest BCUT2D eigenvalue weighted by Gasteiger charge is -2.16. The number of aryl methyl sites for hydroxylation is 3. The zero-order valence-corrected chi connectivity index (χ0v) is 12.2. The van der Waals surface area contributed by atoms with Gasteiger partial charge in [0.05, 0.1) is 5.69 Å². The Balaban J connectivity index is 1.94. The lowest BCUT2D eigenvalue weighted by atomic mass is 9.90. The molecule has 0 spiro atoms. The number of nitrogens with two attached hydrogens (primary N) is 1. The highest BCUT2D eigenvalue weighted by Gasteiger charge is 2.11. The van der Waals surface area contributed by atoms with Gasteiger partial charge in [0.1, 0.15) is 0 Å². The Bertz CT molecular complexity index is 691. The zero-order chi connectivity index (χ0) is 14.7. The quantitative estimate of drug-likeness (QED) is 0.935. The monoisotopic (exact) mass is 283 g/mol. The first kappa shape index (κ1) is 14.0. The average molecular weight is 283 g/mol. The average Bonchev–Trinajstić information content (AvgIpc) is 2.53. The van der Waals surface area contributed by atoms with E-state index >= 15 is 0 Å². The van der Waals surface area contributed by atoms with Crippen LogP contribution in [0, 0.1) is 0 Å². The summed E-state index contributed by atoms with van der Waals surface area (Å²) < 4.78 is 1.52. The third-order valence-electron chi connectivity index (χ3n) is 4.08. The highest BCUT2D eigenvalue weighted by atomic mass is 16.1. The second kappa shape index (κ2) is 6.22. The Hall–Kier alpha value is -1.94. The number of rotatable bonds is 4. The molecule has 0 bridgehead atoms. The van der Waals surface area contributed by atoms with Crippen LogP contribution in [0.3, 0.4) is 0 Å². The van der Waals surface area contributed by atoms with E-state index < -0.39 is 0 Å². The van der Waals surface area contributed by atoms with E-state index in [0.29, 0.717) is 13.1 Å². The van der Waals surface area contributed by atoms with Crippen molar-refractivity contribution in [2.24, 2.45) is 5.73 Å². The Morgan fingerprint density at radius 3 is 2.71 bits per heavy atom. The molecule has 3 rings (SSSR count). The van der Waals surface area contributed by atoms with Crippen LogP contribution >= 0.6 is 0 Å². The van der Waals surface area contributed by atoms with Gasteiger partial charge in [-0.05, 0) is 61.9 Å². The van der Waals surface area contributed by atoms with E-state index in [9.17, 15) is 4.79 Å². The summed E-state index contributed by atoms with van der Waals surface area (Å²) in [6.45, 7) is 1.14. The van der Waals surface area contributed by atoms with E-state index in [1.165, 1.54) is 35.1 Å². The summed E-state index contributed by atoms with van der Waals surface area (Å²) in [4.78, 5) is 11.8. The number of hydrogen-bond donors (Lipinski definition) is 1. The molecule has 0 atom stereocenters. The molecule has 2 aromatic rings. The molecule has 1 aliphatic rings. The van der Waals surface area contributed by atoms with Crippen LogP contribution in [0.15, 0.2) is 35.1 Å². The second-order valence-electron chi connectivity index (χ2n) is 5.61. The van der Waals surface area contributed by atoms with Gasteiger partial charge >= 0.3 is 0 Å². The van der Waals surface area contributed by atoms with Crippen LogP contribution in [-0.2, 0) is 19.4 Å². The minimum Gasteiger partial charge on any atom is -0.330 e. The predicted octanol–water partition coefficient (Wildman–Crippen LogP) is 2.14. The molecule has 2 N–H and O–H groups in total. The van der Waals surface area contributed by atoms with Crippen LogP contribution < -0.4 is 11.3 Å². The number of benzene rings is 1. The van der Waals surface area contributed by atoms with Crippen molar-refractivity contribution in [3.8, 4) is 11.3 Å². The van der Waals surface area contributed by atoms with Crippen molar-refractivity contribution in [1.82, 2.24) is 9.78 Å².